The Morgan fingerprint density at radius 1 is 1.36 bits per heavy atom. The Morgan fingerprint density at radius 3 is 2.55 bits per heavy atom. The number of benzene rings is 1. The molecule has 0 unspecified atom stereocenters. The molecule has 4 heteroatoms. The highest BCUT2D eigenvalue weighted by atomic mass is 35.5. The van der Waals surface area contributed by atoms with E-state index in [0.29, 0.717) is 0 Å². The Kier molecular flexibility index (Phi) is 2.42. The van der Waals surface area contributed by atoms with E-state index < -0.39 is 23.3 Å². The Bertz CT molecular complexity index is 275. The minimum absolute atomic E-state index is 0.00333. The molecule has 0 amide bonds. The summed E-state index contributed by atoms with van der Waals surface area (Å²) in [5.41, 5.74) is -0.00333. The average molecular weight is 179 g/mol. The van der Waals surface area contributed by atoms with Crippen molar-refractivity contribution < 1.29 is 13.9 Å². The van der Waals surface area contributed by atoms with Crippen molar-refractivity contribution >= 4 is 11.6 Å². The number of aliphatic hydroxyl groups excluding tert-OH is 1. The van der Waals surface area contributed by atoms with Crippen LogP contribution in [0.15, 0.2) is 12.1 Å². The molecule has 1 N–H and O–H groups in total. The molecular weight excluding hydrogens is 174 g/mol. The maximum atomic E-state index is 12.7. The molecule has 0 aliphatic heterocycles. The fourth-order valence-electron chi connectivity index (χ4n) is 0.688. The molecule has 1 rings (SSSR count). The first-order chi connectivity index (χ1) is 5.16. The van der Waals surface area contributed by atoms with Gasteiger partial charge in [0.05, 0.1) is 6.61 Å². The third kappa shape index (κ3) is 1.49. The largest absolute Gasteiger partial charge is 0.392 e. The zero-order valence-corrected chi connectivity index (χ0v) is 6.20. The highest BCUT2D eigenvalue weighted by molar-refractivity contribution is 6.30. The van der Waals surface area contributed by atoms with Crippen LogP contribution in [0.4, 0.5) is 8.78 Å². The topological polar surface area (TPSA) is 20.2 Å². The van der Waals surface area contributed by atoms with Crippen LogP contribution in [0.25, 0.3) is 0 Å². The van der Waals surface area contributed by atoms with Gasteiger partial charge >= 0.3 is 0 Å². The molecule has 60 valence electrons. The first-order valence-electron chi connectivity index (χ1n) is 2.90. The van der Waals surface area contributed by atoms with E-state index in [1.54, 1.807) is 0 Å². The second-order valence-corrected chi connectivity index (χ2v) is 2.37. The van der Waals surface area contributed by atoms with Crippen molar-refractivity contribution in [1.82, 2.24) is 0 Å². The van der Waals surface area contributed by atoms with Gasteiger partial charge in [-0.2, -0.15) is 0 Å². The molecule has 1 nitrogen and oxygen atoms in total. The summed E-state index contributed by atoms with van der Waals surface area (Å²) in [7, 11) is 0. The van der Waals surface area contributed by atoms with Crippen LogP contribution in [0.1, 0.15) is 5.56 Å². The van der Waals surface area contributed by atoms with Crippen LogP contribution in [-0.2, 0) is 6.61 Å². The molecule has 0 aliphatic rings. The van der Waals surface area contributed by atoms with Gasteiger partial charge in [-0.15, -0.1) is 0 Å². The molecule has 0 spiro atoms. The molecule has 11 heavy (non-hydrogen) atoms. The SMILES string of the molecule is OCc1ccc(F)c(Cl)c1F. The maximum absolute atomic E-state index is 12.7. The van der Waals surface area contributed by atoms with Gasteiger partial charge in [-0.05, 0) is 6.07 Å². The number of hydrogen-bond donors (Lipinski definition) is 1. The minimum Gasteiger partial charge on any atom is -0.392 e. The quantitative estimate of drug-likeness (QED) is 0.653. The summed E-state index contributed by atoms with van der Waals surface area (Å²) in [6, 6.07) is 2.16. The molecule has 0 atom stereocenters. The Morgan fingerprint density at radius 2 is 2.00 bits per heavy atom. The minimum atomic E-state index is -0.894. The molecule has 0 fully saturated rings. The van der Waals surface area contributed by atoms with Crippen LogP contribution in [-0.4, -0.2) is 5.11 Å². The third-order valence-electron chi connectivity index (χ3n) is 1.29. The second-order valence-electron chi connectivity index (χ2n) is 1.99. The van der Waals surface area contributed by atoms with Crippen molar-refractivity contribution in [3.05, 3.63) is 34.4 Å². The monoisotopic (exact) mass is 178 g/mol. The standard InChI is InChI=1S/C7H5ClF2O/c8-6-5(9)2-1-4(3-11)7(6)10/h1-2,11H,3H2. The molecule has 0 radical (unpaired) electrons. The molecule has 0 saturated heterocycles. The number of aliphatic hydroxyl groups is 1. The molecule has 0 bridgehead atoms. The first-order valence-corrected chi connectivity index (χ1v) is 3.28. The number of hydrogen-bond acceptors (Lipinski definition) is 1. The van der Waals surface area contributed by atoms with E-state index in [-0.39, 0.29) is 5.56 Å². The Hall–Kier alpha value is -0.670. The van der Waals surface area contributed by atoms with Crippen molar-refractivity contribution in [1.29, 1.82) is 0 Å². The summed E-state index contributed by atoms with van der Waals surface area (Å²) in [5.74, 6) is -1.71. The van der Waals surface area contributed by atoms with Gasteiger partial charge in [0.15, 0.2) is 0 Å². The van der Waals surface area contributed by atoms with Crippen LogP contribution in [0.5, 0.6) is 0 Å². The number of halogens is 3. The predicted molar refractivity (Wildman–Crippen MR) is 37.3 cm³/mol. The van der Waals surface area contributed by atoms with E-state index in [1.165, 1.54) is 0 Å². The van der Waals surface area contributed by atoms with Gasteiger partial charge in [-0.25, -0.2) is 8.78 Å². The molecule has 1 aromatic carbocycles. The van der Waals surface area contributed by atoms with Crippen molar-refractivity contribution in [2.45, 2.75) is 6.61 Å². The van der Waals surface area contributed by atoms with E-state index in [4.69, 9.17) is 16.7 Å². The normalized spacial score (nSPS) is 10.2. The van der Waals surface area contributed by atoms with Gasteiger partial charge < -0.3 is 5.11 Å². The summed E-state index contributed by atoms with van der Waals surface area (Å²) in [6.07, 6.45) is 0. The fraction of sp³-hybridized carbons (Fsp3) is 0.143. The molecule has 0 heterocycles. The Balaban J connectivity index is 3.25. The molecule has 0 saturated carbocycles. The molecule has 1 aromatic rings. The van der Waals surface area contributed by atoms with Crippen molar-refractivity contribution in [3.8, 4) is 0 Å². The van der Waals surface area contributed by atoms with E-state index >= 15 is 0 Å². The van der Waals surface area contributed by atoms with Gasteiger partial charge in [-0.1, -0.05) is 17.7 Å². The lowest BCUT2D eigenvalue weighted by molar-refractivity contribution is 0.275. The van der Waals surface area contributed by atoms with Crippen molar-refractivity contribution in [2.75, 3.05) is 0 Å². The van der Waals surface area contributed by atoms with Gasteiger partial charge in [0, 0.05) is 5.56 Å². The van der Waals surface area contributed by atoms with Crippen LogP contribution in [0.3, 0.4) is 0 Å². The van der Waals surface area contributed by atoms with E-state index in [1.807, 2.05) is 0 Å². The maximum Gasteiger partial charge on any atom is 0.150 e. The highest BCUT2D eigenvalue weighted by Crippen LogP contribution is 2.21. The van der Waals surface area contributed by atoms with Gasteiger partial charge in [0.1, 0.15) is 16.7 Å². The number of rotatable bonds is 1. The van der Waals surface area contributed by atoms with Gasteiger partial charge in [0.2, 0.25) is 0 Å². The summed E-state index contributed by atoms with van der Waals surface area (Å²) in [4.78, 5) is 0. The molecular formula is C7H5ClF2O. The third-order valence-corrected chi connectivity index (χ3v) is 1.63. The fourth-order valence-corrected chi connectivity index (χ4v) is 0.872. The molecule has 0 aliphatic carbocycles. The van der Waals surface area contributed by atoms with Crippen LogP contribution < -0.4 is 0 Å². The summed E-state index contributed by atoms with van der Waals surface area (Å²) in [6.45, 7) is -0.480. The lowest BCUT2D eigenvalue weighted by Gasteiger charge is -2.00. The molecule has 0 aromatic heterocycles. The Labute approximate surface area is 67.2 Å². The van der Waals surface area contributed by atoms with Gasteiger partial charge in [-0.3, -0.25) is 0 Å². The zero-order chi connectivity index (χ0) is 8.43. The summed E-state index contributed by atoms with van der Waals surface area (Å²) >= 11 is 5.20. The van der Waals surface area contributed by atoms with E-state index in [2.05, 4.69) is 0 Å². The van der Waals surface area contributed by atoms with Crippen LogP contribution in [0.2, 0.25) is 5.02 Å². The first kappa shape index (κ1) is 8.43. The van der Waals surface area contributed by atoms with Crippen LogP contribution in [0, 0.1) is 11.6 Å². The summed E-state index contributed by atoms with van der Waals surface area (Å²) < 4.78 is 25.2. The van der Waals surface area contributed by atoms with Crippen molar-refractivity contribution in [3.63, 3.8) is 0 Å². The average Bonchev–Trinajstić information content (AvgIpc) is 2.01. The highest BCUT2D eigenvalue weighted by Gasteiger charge is 2.09. The smallest absolute Gasteiger partial charge is 0.150 e. The van der Waals surface area contributed by atoms with Crippen molar-refractivity contribution in [2.24, 2.45) is 0 Å². The summed E-state index contributed by atoms with van der Waals surface area (Å²) in [5, 5.41) is 7.94. The lowest BCUT2D eigenvalue weighted by atomic mass is 10.2. The lowest BCUT2D eigenvalue weighted by Crippen LogP contribution is -1.92. The predicted octanol–water partition coefficient (Wildman–Crippen LogP) is 2.11. The van der Waals surface area contributed by atoms with E-state index in [9.17, 15) is 8.78 Å². The van der Waals surface area contributed by atoms with E-state index in [0.717, 1.165) is 12.1 Å². The second kappa shape index (κ2) is 3.15. The van der Waals surface area contributed by atoms with Crippen LogP contribution >= 0.6 is 11.6 Å². The van der Waals surface area contributed by atoms with Gasteiger partial charge in [0.25, 0.3) is 0 Å². The zero-order valence-electron chi connectivity index (χ0n) is 5.44.